The quantitative estimate of drug-likeness (QED) is 0.451. The second kappa shape index (κ2) is 9.49. The predicted molar refractivity (Wildman–Crippen MR) is 139 cm³/mol. The first-order valence-electron chi connectivity index (χ1n) is 12.4. The number of piperidine rings is 1. The summed E-state index contributed by atoms with van der Waals surface area (Å²) in [5, 5.41) is 4.40. The largest absolute Gasteiger partial charge is 0.484 e. The highest BCUT2D eigenvalue weighted by molar-refractivity contribution is 5.79. The zero-order chi connectivity index (χ0) is 24.5. The number of aromatic nitrogens is 2. The molecule has 0 spiro atoms. The highest BCUT2D eigenvalue weighted by atomic mass is 16.5. The molecule has 1 saturated heterocycles. The van der Waals surface area contributed by atoms with Gasteiger partial charge in [-0.1, -0.05) is 36.4 Å². The molecule has 4 heterocycles. The number of carbonyl (C=O) groups excluding carboxylic acids is 1. The number of nitrogens with one attached hydrogen (secondary N) is 1. The molecule has 1 fully saturated rings. The summed E-state index contributed by atoms with van der Waals surface area (Å²) in [4.78, 5) is 32.6. The van der Waals surface area contributed by atoms with Crippen molar-refractivity contribution in [3.05, 3.63) is 101 Å². The third-order valence-electron chi connectivity index (χ3n) is 7.19. The van der Waals surface area contributed by atoms with Gasteiger partial charge < -0.3 is 19.5 Å². The number of hydrogen-bond acceptors (Lipinski definition) is 5. The number of likely N-dealkylation sites (tertiary alicyclic amines) is 1. The summed E-state index contributed by atoms with van der Waals surface area (Å²) in [7, 11) is 0. The summed E-state index contributed by atoms with van der Waals surface area (Å²) in [6.07, 6.45) is 2.85. The van der Waals surface area contributed by atoms with Crippen LogP contribution in [0.2, 0.25) is 0 Å². The zero-order valence-electron chi connectivity index (χ0n) is 20.0. The van der Waals surface area contributed by atoms with E-state index in [0.717, 1.165) is 28.6 Å². The summed E-state index contributed by atoms with van der Waals surface area (Å²) in [6.45, 7) is 2.45. The maximum absolute atomic E-state index is 13.3. The van der Waals surface area contributed by atoms with Crippen LogP contribution >= 0.6 is 0 Å². The first kappa shape index (κ1) is 22.3. The Balaban J connectivity index is 1.14. The van der Waals surface area contributed by atoms with E-state index in [1.54, 1.807) is 0 Å². The summed E-state index contributed by atoms with van der Waals surface area (Å²) < 4.78 is 7.58. The van der Waals surface area contributed by atoms with Crippen LogP contribution in [-0.4, -0.2) is 40.1 Å². The molecule has 4 aromatic rings. The number of nitrogens with zero attached hydrogens (tertiary/aromatic N) is 3. The van der Waals surface area contributed by atoms with Crippen LogP contribution in [0, 0.1) is 5.92 Å². The number of anilines is 1. The van der Waals surface area contributed by atoms with Crippen molar-refractivity contribution in [1.82, 2.24) is 14.5 Å². The van der Waals surface area contributed by atoms with Crippen molar-refractivity contribution in [2.45, 2.75) is 25.4 Å². The number of benzene rings is 2. The van der Waals surface area contributed by atoms with Gasteiger partial charge in [0.05, 0.1) is 5.52 Å². The lowest BCUT2D eigenvalue weighted by atomic mass is 9.83. The lowest BCUT2D eigenvalue weighted by Gasteiger charge is -2.42. The minimum absolute atomic E-state index is 0.00290. The van der Waals surface area contributed by atoms with E-state index in [-0.39, 0.29) is 29.9 Å². The third-order valence-corrected chi connectivity index (χ3v) is 7.19. The van der Waals surface area contributed by atoms with E-state index >= 15 is 0 Å². The Morgan fingerprint density at radius 1 is 1.00 bits per heavy atom. The average molecular weight is 481 g/mol. The summed E-state index contributed by atoms with van der Waals surface area (Å²) >= 11 is 0. The van der Waals surface area contributed by atoms with Gasteiger partial charge in [-0.2, -0.15) is 0 Å². The van der Waals surface area contributed by atoms with Crippen molar-refractivity contribution in [2.24, 2.45) is 5.92 Å². The minimum Gasteiger partial charge on any atom is -0.484 e. The fourth-order valence-electron chi connectivity index (χ4n) is 5.45. The van der Waals surface area contributed by atoms with Crippen LogP contribution in [0.3, 0.4) is 0 Å². The molecular weight excluding hydrogens is 452 g/mol. The minimum atomic E-state index is -0.00775. The van der Waals surface area contributed by atoms with Gasteiger partial charge in [-0.3, -0.25) is 14.6 Å². The summed E-state index contributed by atoms with van der Waals surface area (Å²) in [5.41, 5.74) is 3.59. The van der Waals surface area contributed by atoms with Crippen LogP contribution in [0.25, 0.3) is 10.9 Å². The first-order chi connectivity index (χ1) is 17.6. The molecule has 2 unspecified atom stereocenters. The maximum atomic E-state index is 13.3. The number of carbonyl (C=O) groups is 1. The molecule has 2 aromatic heterocycles. The highest BCUT2D eigenvalue weighted by Crippen LogP contribution is 2.35. The number of ether oxygens (including phenoxy) is 1. The summed E-state index contributed by atoms with van der Waals surface area (Å²) in [6, 6.07) is 23.4. The van der Waals surface area contributed by atoms with Gasteiger partial charge in [-0.05, 0) is 54.3 Å². The van der Waals surface area contributed by atoms with Crippen molar-refractivity contribution in [3.8, 4) is 5.75 Å². The van der Waals surface area contributed by atoms with Crippen LogP contribution in [0.15, 0.2) is 83.8 Å². The molecule has 0 aliphatic carbocycles. The number of hydrogen-bond donors (Lipinski definition) is 1. The Bertz CT molecular complexity index is 1470. The van der Waals surface area contributed by atoms with Crippen LogP contribution in [-0.2, 0) is 17.9 Å². The van der Waals surface area contributed by atoms with Crippen molar-refractivity contribution in [1.29, 1.82) is 0 Å². The monoisotopic (exact) mass is 480 g/mol. The maximum Gasteiger partial charge on any atom is 0.274 e. The van der Waals surface area contributed by atoms with E-state index in [2.05, 4.69) is 16.4 Å². The Kier molecular flexibility index (Phi) is 5.89. The van der Waals surface area contributed by atoms with Crippen molar-refractivity contribution >= 4 is 22.5 Å². The number of rotatable bonds is 6. The Morgan fingerprint density at radius 2 is 1.83 bits per heavy atom. The van der Waals surface area contributed by atoms with Gasteiger partial charge in [0, 0.05) is 49.4 Å². The molecule has 2 aromatic carbocycles. The highest BCUT2D eigenvalue weighted by Gasteiger charge is 2.36. The lowest BCUT2D eigenvalue weighted by Crippen LogP contribution is -2.50. The fourth-order valence-corrected chi connectivity index (χ4v) is 5.45. The van der Waals surface area contributed by atoms with Gasteiger partial charge >= 0.3 is 0 Å². The van der Waals surface area contributed by atoms with Crippen molar-refractivity contribution in [3.63, 3.8) is 0 Å². The van der Waals surface area contributed by atoms with Gasteiger partial charge in [-0.25, -0.2) is 0 Å². The van der Waals surface area contributed by atoms with Crippen molar-refractivity contribution < 1.29 is 9.53 Å². The zero-order valence-corrected chi connectivity index (χ0v) is 20.0. The lowest BCUT2D eigenvalue weighted by molar-refractivity contribution is -0.136. The Morgan fingerprint density at radius 3 is 2.72 bits per heavy atom. The molecule has 2 atom stereocenters. The number of fused-ring (bicyclic) bond motifs is 5. The van der Waals surface area contributed by atoms with E-state index in [1.165, 1.54) is 0 Å². The van der Waals surface area contributed by atoms with Crippen LogP contribution in [0.4, 0.5) is 5.69 Å². The molecule has 7 heteroatoms. The molecule has 2 aliphatic rings. The van der Waals surface area contributed by atoms with Gasteiger partial charge in [0.15, 0.2) is 6.61 Å². The van der Waals surface area contributed by atoms with Gasteiger partial charge in [0.2, 0.25) is 0 Å². The number of amides is 1. The first-order valence-corrected chi connectivity index (χ1v) is 12.4. The molecule has 36 heavy (non-hydrogen) atoms. The third kappa shape index (κ3) is 4.44. The molecule has 2 aliphatic heterocycles. The van der Waals surface area contributed by atoms with Crippen LogP contribution < -0.4 is 15.6 Å². The molecule has 0 saturated carbocycles. The van der Waals surface area contributed by atoms with E-state index in [1.807, 2.05) is 82.4 Å². The molecule has 6 rings (SSSR count). The van der Waals surface area contributed by atoms with Crippen LogP contribution in [0.5, 0.6) is 5.75 Å². The molecule has 1 N–H and O–H groups in total. The van der Waals surface area contributed by atoms with Crippen molar-refractivity contribution in [2.75, 3.05) is 25.0 Å². The molecule has 182 valence electrons. The smallest absolute Gasteiger partial charge is 0.274 e. The Labute approximate surface area is 209 Å². The second-order valence-corrected chi connectivity index (χ2v) is 9.68. The van der Waals surface area contributed by atoms with Crippen LogP contribution in [0.1, 0.15) is 23.6 Å². The SMILES string of the molecule is O=C(COc1ccccc1)N1CC2CC(C1)c1ccc(NCc3cnc4ccccc4c3)c(=O)n1C2. The van der Waals surface area contributed by atoms with E-state index in [0.29, 0.717) is 37.6 Å². The van der Waals surface area contributed by atoms with Gasteiger partial charge in [0.25, 0.3) is 11.5 Å². The molecular formula is C29H28N4O3. The van der Waals surface area contributed by atoms with E-state index in [9.17, 15) is 9.59 Å². The molecule has 0 radical (unpaired) electrons. The number of pyridine rings is 2. The molecule has 2 bridgehead atoms. The fraction of sp³-hybridized carbons (Fsp3) is 0.276. The second-order valence-electron chi connectivity index (χ2n) is 9.68. The normalized spacial score (nSPS) is 18.5. The average Bonchev–Trinajstić information content (AvgIpc) is 2.92. The van der Waals surface area contributed by atoms with Gasteiger partial charge in [-0.15, -0.1) is 0 Å². The van der Waals surface area contributed by atoms with Gasteiger partial charge in [0.1, 0.15) is 11.4 Å². The summed E-state index contributed by atoms with van der Waals surface area (Å²) in [5.74, 6) is 1.10. The standard InChI is InChI=1S/C29H28N4O3/c34-28(19-36-24-7-2-1-3-8-24)32-16-21-13-23(18-32)27-11-10-26(29(35)33(27)17-21)31-15-20-12-22-6-4-5-9-25(22)30-14-20/h1-12,14,21,23,31H,13,15-19H2. The molecule has 7 nitrogen and oxygen atoms in total. The van der Waals surface area contributed by atoms with E-state index < -0.39 is 0 Å². The molecule has 1 amide bonds. The number of para-hydroxylation sites is 2. The Hall–Kier alpha value is -4.13. The topological polar surface area (TPSA) is 76.5 Å². The van der Waals surface area contributed by atoms with E-state index in [4.69, 9.17) is 4.74 Å². The predicted octanol–water partition coefficient (Wildman–Crippen LogP) is 4.03.